The predicted octanol–water partition coefficient (Wildman–Crippen LogP) is 3.14. The monoisotopic (exact) mass is 306 g/mol. The number of rotatable bonds is 5. The summed E-state index contributed by atoms with van der Waals surface area (Å²) < 4.78 is 5.18. The van der Waals surface area contributed by atoms with Crippen LogP contribution in [0.15, 0.2) is 12.1 Å². The Balaban J connectivity index is 0.00000324. The molecule has 1 amide bonds. The zero-order valence-corrected chi connectivity index (χ0v) is 12.9. The van der Waals surface area contributed by atoms with Gasteiger partial charge in [-0.1, -0.05) is 24.9 Å². The van der Waals surface area contributed by atoms with Gasteiger partial charge in [-0.3, -0.25) is 4.79 Å². The Morgan fingerprint density at radius 1 is 1.53 bits per heavy atom. The van der Waals surface area contributed by atoms with Gasteiger partial charge < -0.3 is 15.8 Å². The number of carbonyl (C=O) groups excluding carboxylic acids is 1. The third-order valence-electron chi connectivity index (χ3n) is 2.68. The molecule has 1 atom stereocenters. The van der Waals surface area contributed by atoms with Gasteiger partial charge in [-0.2, -0.15) is 0 Å². The standard InChI is InChI=1S/C13H19ClN2O2.ClH/c1-4-5-10(15)13(17)16-11-6-8(2)9(14)7-12(11)18-3;/h6-7,10H,4-5,15H2,1-3H3,(H,16,17);1H. The van der Waals surface area contributed by atoms with Crippen molar-refractivity contribution in [2.24, 2.45) is 5.73 Å². The van der Waals surface area contributed by atoms with Gasteiger partial charge in [0, 0.05) is 11.1 Å². The molecule has 0 aromatic heterocycles. The number of hydrogen-bond donors (Lipinski definition) is 2. The number of carbonyl (C=O) groups is 1. The normalized spacial score (nSPS) is 11.4. The second-order valence-corrected chi connectivity index (χ2v) is 4.59. The molecule has 0 bridgehead atoms. The number of nitrogens with one attached hydrogen (secondary N) is 1. The summed E-state index contributed by atoms with van der Waals surface area (Å²) in [5.41, 5.74) is 7.22. The fourth-order valence-electron chi connectivity index (χ4n) is 1.60. The van der Waals surface area contributed by atoms with Crippen molar-refractivity contribution >= 4 is 35.6 Å². The Morgan fingerprint density at radius 3 is 2.68 bits per heavy atom. The fourth-order valence-corrected chi connectivity index (χ4v) is 1.75. The van der Waals surface area contributed by atoms with Gasteiger partial charge in [0.05, 0.1) is 18.8 Å². The second-order valence-electron chi connectivity index (χ2n) is 4.19. The lowest BCUT2D eigenvalue weighted by atomic mass is 10.1. The van der Waals surface area contributed by atoms with E-state index in [1.807, 2.05) is 13.8 Å². The zero-order valence-electron chi connectivity index (χ0n) is 11.3. The molecule has 0 aliphatic carbocycles. The Hall–Kier alpha value is -0.970. The summed E-state index contributed by atoms with van der Waals surface area (Å²) in [4.78, 5) is 11.8. The van der Waals surface area contributed by atoms with Crippen molar-refractivity contribution in [3.63, 3.8) is 0 Å². The first-order valence-electron chi connectivity index (χ1n) is 5.90. The first-order chi connectivity index (χ1) is 8.49. The van der Waals surface area contributed by atoms with Crippen molar-refractivity contribution in [2.45, 2.75) is 32.7 Å². The maximum atomic E-state index is 11.8. The van der Waals surface area contributed by atoms with Crippen LogP contribution in [0.25, 0.3) is 0 Å². The summed E-state index contributed by atoms with van der Waals surface area (Å²) >= 11 is 6.00. The molecule has 0 radical (unpaired) electrons. The van der Waals surface area contributed by atoms with Crippen LogP contribution in [0.3, 0.4) is 0 Å². The number of hydrogen-bond acceptors (Lipinski definition) is 3. The zero-order chi connectivity index (χ0) is 13.7. The molecule has 0 saturated carbocycles. The van der Waals surface area contributed by atoms with Crippen LogP contribution >= 0.6 is 24.0 Å². The molecule has 0 aliphatic heterocycles. The maximum absolute atomic E-state index is 11.8. The summed E-state index contributed by atoms with van der Waals surface area (Å²) in [7, 11) is 1.53. The summed E-state index contributed by atoms with van der Waals surface area (Å²) in [6, 6.07) is 2.95. The minimum Gasteiger partial charge on any atom is -0.495 e. The van der Waals surface area contributed by atoms with E-state index in [1.54, 1.807) is 12.1 Å². The van der Waals surface area contributed by atoms with Crippen molar-refractivity contribution in [2.75, 3.05) is 12.4 Å². The van der Waals surface area contributed by atoms with Crippen LogP contribution in [0.1, 0.15) is 25.3 Å². The summed E-state index contributed by atoms with van der Waals surface area (Å²) in [5.74, 6) is 0.319. The van der Waals surface area contributed by atoms with Crippen molar-refractivity contribution in [1.82, 2.24) is 0 Å². The highest BCUT2D eigenvalue weighted by atomic mass is 35.5. The van der Waals surface area contributed by atoms with E-state index in [-0.39, 0.29) is 18.3 Å². The van der Waals surface area contributed by atoms with Gasteiger partial charge in [0.15, 0.2) is 0 Å². The van der Waals surface area contributed by atoms with Gasteiger partial charge in [0.1, 0.15) is 5.75 Å². The molecule has 0 heterocycles. The molecule has 108 valence electrons. The van der Waals surface area contributed by atoms with Crippen molar-refractivity contribution in [3.8, 4) is 5.75 Å². The van der Waals surface area contributed by atoms with E-state index in [2.05, 4.69) is 5.32 Å². The van der Waals surface area contributed by atoms with Crippen LogP contribution in [0.5, 0.6) is 5.75 Å². The van der Waals surface area contributed by atoms with E-state index in [0.717, 1.165) is 12.0 Å². The van der Waals surface area contributed by atoms with Crippen LogP contribution in [0.4, 0.5) is 5.69 Å². The van der Waals surface area contributed by atoms with Crippen LogP contribution in [-0.2, 0) is 4.79 Å². The SMILES string of the molecule is CCCC(N)C(=O)Nc1cc(C)c(Cl)cc1OC.Cl. The third-order valence-corrected chi connectivity index (χ3v) is 3.08. The van der Waals surface area contributed by atoms with E-state index in [9.17, 15) is 4.79 Å². The number of ether oxygens (including phenoxy) is 1. The largest absolute Gasteiger partial charge is 0.495 e. The Bertz CT molecular complexity index is 439. The molecule has 1 aromatic carbocycles. The van der Waals surface area contributed by atoms with E-state index < -0.39 is 6.04 Å². The number of halogens is 2. The summed E-state index contributed by atoms with van der Waals surface area (Å²) in [6.07, 6.45) is 1.52. The molecular weight excluding hydrogens is 287 g/mol. The van der Waals surface area contributed by atoms with E-state index in [1.165, 1.54) is 7.11 Å². The van der Waals surface area contributed by atoms with Crippen LogP contribution in [0, 0.1) is 6.92 Å². The molecule has 1 rings (SSSR count). The first-order valence-corrected chi connectivity index (χ1v) is 6.28. The lowest BCUT2D eigenvalue weighted by Crippen LogP contribution is -2.35. The molecule has 0 spiro atoms. The van der Waals surface area contributed by atoms with Crippen molar-refractivity contribution in [3.05, 3.63) is 22.7 Å². The Labute approximate surface area is 125 Å². The molecule has 1 unspecified atom stereocenters. The van der Waals surface area contributed by atoms with Crippen LogP contribution in [-0.4, -0.2) is 19.1 Å². The highest BCUT2D eigenvalue weighted by Gasteiger charge is 2.15. The molecule has 1 aromatic rings. The number of aryl methyl sites for hydroxylation is 1. The average Bonchev–Trinajstić information content (AvgIpc) is 2.33. The van der Waals surface area contributed by atoms with Crippen LogP contribution < -0.4 is 15.8 Å². The van der Waals surface area contributed by atoms with Gasteiger partial charge in [0.25, 0.3) is 0 Å². The first kappa shape index (κ1) is 18.0. The number of benzene rings is 1. The summed E-state index contributed by atoms with van der Waals surface area (Å²) in [6.45, 7) is 3.85. The average molecular weight is 307 g/mol. The quantitative estimate of drug-likeness (QED) is 0.878. The Morgan fingerprint density at radius 2 is 2.16 bits per heavy atom. The van der Waals surface area contributed by atoms with Gasteiger partial charge in [0.2, 0.25) is 5.91 Å². The molecule has 4 nitrogen and oxygen atoms in total. The van der Waals surface area contributed by atoms with E-state index >= 15 is 0 Å². The predicted molar refractivity (Wildman–Crippen MR) is 81.5 cm³/mol. The smallest absolute Gasteiger partial charge is 0.241 e. The maximum Gasteiger partial charge on any atom is 0.241 e. The molecule has 3 N–H and O–H groups in total. The fraction of sp³-hybridized carbons (Fsp3) is 0.462. The molecule has 0 fully saturated rings. The highest BCUT2D eigenvalue weighted by Crippen LogP contribution is 2.30. The molecule has 6 heteroatoms. The van der Waals surface area contributed by atoms with Gasteiger partial charge in [-0.25, -0.2) is 0 Å². The lowest BCUT2D eigenvalue weighted by Gasteiger charge is -2.15. The van der Waals surface area contributed by atoms with Crippen LogP contribution in [0.2, 0.25) is 5.02 Å². The number of anilines is 1. The minimum absolute atomic E-state index is 0. The number of methoxy groups -OCH3 is 1. The van der Waals surface area contributed by atoms with Gasteiger partial charge >= 0.3 is 0 Å². The van der Waals surface area contributed by atoms with Gasteiger partial charge in [-0.15, -0.1) is 12.4 Å². The molecular formula is C13H20Cl2N2O2. The third kappa shape index (κ3) is 4.90. The molecule has 19 heavy (non-hydrogen) atoms. The van der Waals surface area contributed by atoms with E-state index in [4.69, 9.17) is 22.1 Å². The topological polar surface area (TPSA) is 64.4 Å². The molecule has 0 saturated heterocycles. The second kappa shape index (κ2) is 8.25. The summed E-state index contributed by atoms with van der Waals surface area (Å²) in [5, 5.41) is 3.37. The number of nitrogens with two attached hydrogens (primary N) is 1. The number of amides is 1. The van der Waals surface area contributed by atoms with Crippen molar-refractivity contribution < 1.29 is 9.53 Å². The lowest BCUT2D eigenvalue weighted by molar-refractivity contribution is -0.117. The van der Waals surface area contributed by atoms with Crippen molar-refractivity contribution in [1.29, 1.82) is 0 Å². The molecule has 0 aliphatic rings. The Kier molecular flexibility index (Phi) is 7.83. The minimum atomic E-state index is -0.504. The highest BCUT2D eigenvalue weighted by molar-refractivity contribution is 6.31. The van der Waals surface area contributed by atoms with Gasteiger partial charge in [-0.05, 0) is 25.0 Å². The van der Waals surface area contributed by atoms with E-state index in [0.29, 0.717) is 22.9 Å².